The van der Waals surface area contributed by atoms with Crippen LogP contribution in [0.25, 0.3) is 0 Å². The van der Waals surface area contributed by atoms with E-state index in [-0.39, 0.29) is 0 Å². The van der Waals surface area contributed by atoms with Gasteiger partial charge in [-0.15, -0.1) is 0 Å². The second kappa shape index (κ2) is 6.42. The van der Waals surface area contributed by atoms with Crippen molar-refractivity contribution < 1.29 is 0 Å². The summed E-state index contributed by atoms with van der Waals surface area (Å²) < 4.78 is 2.02. The van der Waals surface area contributed by atoms with Gasteiger partial charge in [0.05, 0.1) is 0 Å². The molecule has 3 unspecified atom stereocenters. The monoisotopic (exact) mass is 292 g/mol. The zero-order valence-electron chi connectivity index (χ0n) is 13.2. The van der Waals surface area contributed by atoms with Crippen molar-refractivity contribution in [2.24, 2.45) is 11.8 Å². The van der Waals surface area contributed by atoms with E-state index in [4.69, 9.17) is 5.84 Å². The molecule has 0 aromatic carbocycles. The van der Waals surface area contributed by atoms with Crippen molar-refractivity contribution in [3.8, 4) is 0 Å². The van der Waals surface area contributed by atoms with Crippen molar-refractivity contribution in [1.82, 2.24) is 25.1 Å². The van der Waals surface area contributed by atoms with Crippen LogP contribution in [0.15, 0.2) is 6.33 Å². The molecule has 2 aliphatic heterocycles. The Bertz CT molecular complexity index is 445. The van der Waals surface area contributed by atoms with E-state index in [0.29, 0.717) is 12.0 Å². The molecule has 1 aromatic heterocycles. The quantitative estimate of drug-likeness (QED) is 0.603. The molecule has 1 aromatic rings. The number of aryl methyl sites for hydroxylation is 1. The van der Waals surface area contributed by atoms with Gasteiger partial charge in [0, 0.05) is 31.1 Å². The third-order valence-corrected chi connectivity index (χ3v) is 5.45. The van der Waals surface area contributed by atoms with Crippen LogP contribution in [0.2, 0.25) is 0 Å². The fourth-order valence-corrected chi connectivity index (χ4v) is 4.19. The summed E-state index contributed by atoms with van der Waals surface area (Å²) in [4.78, 5) is 7.00. The lowest BCUT2D eigenvalue weighted by molar-refractivity contribution is 0.111. The molecule has 3 atom stereocenters. The molecule has 3 rings (SSSR count). The minimum absolute atomic E-state index is 0.307. The highest BCUT2D eigenvalue weighted by Gasteiger charge is 2.41. The molecule has 2 bridgehead atoms. The van der Waals surface area contributed by atoms with Crippen LogP contribution in [0.1, 0.15) is 44.9 Å². The minimum atomic E-state index is 0.307. The highest BCUT2D eigenvalue weighted by Crippen LogP contribution is 2.39. The summed E-state index contributed by atoms with van der Waals surface area (Å²) >= 11 is 0. The first-order chi connectivity index (χ1) is 10.2. The van der Waals surface area contributed by atoms with Gasteiger partial charge in [-0.3, -0.25) is 16.0 Å². The van der Waals surface area contributed by atoms with Gasteiger partial charge in [0.25, 0.3) is 0 Å². The summed E-state index contributed by atoms with van der Waals surface area (Å²) in [7, 11) is 2.28. The molecular weight excluding hydrogens is 264 g/mol. The molecule has 6 nitrogen and oxygen atoms in total. The Hall–Kier alpha value is -0.980. The van der Waals surface area contributed by atoms with Crippen molar-refractivity contribution in [3.05, 3.63) is 12.2 Å². The van der Waals surface area contributed by atoms with Gasteiger partial charge in [0.15, 0.2) is 0 Å². The van der Waals surface area contributed by atoms with Gasteiger partial charge < -0.3 is 4.90 Å². The summed E-state index contributed by atoms with van der Waals surface area (Å²) in [6, 6.07) is 1.80. The summed E-state index contributed by atoms with van der Waals surface area (Å²) in [5.74, 6) is 7.58. The second-order valence-corrected chi connectivity index (χ2v) is 6.66. The first-order valence-electron chi connectivity index (χ1n) is 8.27. The first kappa shape index (κ1) is 14.9. The van der Waals surface area contributed by atoms with Crippen molar-refractivity contribution in [2.75, 3.05) is 7.05 Å². The Morgan fingerprint density at radius 2 is 2.10 bits per heavy atom. The van der Waals surface area contributed by atoms with E-state index >= 15 is 0 Å². The molecule has 6 heteroatoms. The van der Waals surface area contributed by atoms with Crippen LogP contribution >= 0.6 is 0 Å². The Morgan fingerprint density at radius 3 is 2.71 bits per heavy atom. The Balaban J connectivity index is 1.67. The number of nitrogens with two attached hydrogens (primary N) is 1. The lowest BCUT2D eigenvalue weighted by atomic mass is 9.84. The van der Waals surface area contributed by atoms with Gasteiger partial charge in [0.1, 0.15) is 12.2 Å². The maximum atomic E-state index is 5.87. The van der Waals surface area contributed by atoms with Crippen molar-refractivity contribution in [3.63, 3.8) is 0 Å². The molecule has 3 N–H and O–H groups in total. The smallest absolute Gasteiger partial charge is 0.138 e. The molecule has 118 valence electrons. The molecular formula is C15H28N6. The van der Waals surface area contributed by atoms with Crippen LogP contribution in [-0.4, -0.2) is 44.8 Å². The average molecular weight is 292 g/mol. The zero-order valence-corrected chi connectivity index (χ0v) is 13.2. The predicted octanol–water partition coefficient (Wildman–Crippen LogP) is 0.935. The van der Waals surface area contributed by atoms with Gasteiger partial charge in [-0.2, -0.15) is 5.10 Å². The van der Waals surface area contributed by atoms with Crippen molar-refractivity contribution in [1.29, 1.82) is 0 Å². The van der Waals surface area contributed by atoms with E-state index in [9.17, 15) is 0 Å². The fourth-order valence-electron chi connectivity index (χ4n) is 4.19. The highest BCUT2D eigenvalue weighted by atomic mass is 15.3. The number of rotatable bonds is 6. The molecule has 2 saturated heterocycles. The van der Waals surface area contributed by atoms with Crippen LogP contribution in [0.4, 0.5) is 0 Å². The third-order valence-electron chi connectivity index (χ3n) is 5.45. The average Bonchev–Trinajstić information content (AvgIpc) is 2.97. The highest BCUT2D eigenvalue weighted by molar-refractivity contribution is 4.99. The first-order valence-corrected chi connectivity index (χ1v) is 8.27. The third kappa shape index (κ3) is 2.98. The van der Waals surface area contributed by atoms with Crippen LogP contribution in [0.5, 0.6) is 0 Å². The number of piperidine rings is 1. The molecule has 2 aliphatic rings. The minimum Gasteiger partial charge on any atom is -0.300 e. The summed E-state index contributed by atoms with van der Waals surface area (Å²) in [6.45, 7) is 3.10. The predicted molar refractivity (Wildman–Crippen MR) is 82.4 cm³/mol. The molecule has 3 heterocycles. The van der Waals surface area contributed by atoms with E-state index in [1.807, 2.05) is 4.68 Å². The molecule has 0 aliphatic carbocycles. The largest absolute Gasteiger partial charge is 0.300 e. The number of hydrogen-bond donors (Lipinski definition) is 2. The van der Waals surface area contributed by atoms with Crippen molar-refractivity contribution >= 4 is 0 Å². The van der Waals surface area contributed by atoms with E-state index in [2.05, 4.69) is 34.4 Å². The van der Waals surface area contributed by atoms with E-state index in [1.165, 1.54) is 25.7 Å². The Labute approximate surface area is 127 Å². The SMILES string of the molecule is CCCn1ncnc1CC(NN)C1CC2CCC(C1)N2C. The number of nitrogens with zero attached hydrogens (tertiary/aromatic N) is 4. The van der Waals surface area contributed by atoms with Crippen LogP contribution in [0.3, 0.4) is 0 Å². The number of nitrogens with one attached hydrogen (secondary N) is 1. The summed E-state index contributed by atoms with van der Waals surface area (Å²) in [5, 5.41) is 4.32. The molecule has 0 spiro atoms. The zero-order chi connectivity index (χ0) is 14.8. The second-order valence-electron chi connectivity index (χ2n) is 6.66. The van der Waals surface area contributed by atoms with E-state index < -0.39 is 0 Å². The number of fused-ring (bicyclic) bond motifs is 2. The molecule has 21 heavy (non-hydrogen) atoms. The number of hydrazine groups is 1. The Morgan fingerprint density at radius 1 is 1.38 bits per heavy atom. The lowest BCUT2D eigenvalue weighted by Gasteiger charge is -2.39. The molecule has 0 radical (unpaired) electrons. The van der Waals surface area contributed by atoms with Crippen LogP contribution < -0.4 is 11.3 Å². The topological polar surface area (TPSA) is 72.0 Å². The van der Waals surface area contributed by atoms with Gasteiger partial charge in [-0.1, -0.05) is 6.92 Å². The Kier molecular flexibility index (Phi) is 4.57. The standard InChI is InChI=1S/C15H28N6/c1-3-6-21-15(17-10-18-21)9-14(19-16)11-7-12-4-5-13(8-11)20(12)2/h10-14,19H,3-9,16H2,1-2H3. The van der Waals surface area contributed by atoms with Gasteiger partial charge in [-0.25, -0.2) is 4.98 Å². The number of hydrogen-bond acceptors (Lipinski definition) is 5. The fraction of sp³-hybridized carbons (Fsp3) is 0.867. The molecule has 0 saturated carbocycles. The lowest BCUT2D eigenvalue weighted by Crippen LogP contribution is -2.50. The molecule has 0 amide bonds. The maximum absolute atomic E-state index is 5.87. The van der Waals surface area contributed by atoms with Gasteiger partial charge in [-0.05, 0) is 45.1 Å². The van der Waals surface area contributed by atoms with Gasteiger partial charge >= 0.3 is 0 Å². The van der Waals surface area contributed by atoms with Crippen molar-refractivity contribution in [2.45, 2.75) is 70.1 Å². The van der Waals surface area contributed by atoms with E-state index in [1.54, 1.807) is 6.33 Å². The summed E-state index contributed by atoms with van der Waals surface area (Å²) in [5.41, 5.74) is 3.06. The normalized spacial score (nSPS) is 30.7. The van der Waals surface area contributed by atoms with E-state index in [0.717, 1.165) is 37.3 Å². The van der Waals surface area contributed by atoms with Crippen LogP contribution in [-0.2, 0) is 13.0 Å². The molecule has 2 fully saturated rings. The maximum Gasteiger partial charge on any atom is 0.138 e. The van der Waals surface area contributed by atoms with Crippen LogP contribution in [0, 0.1) is 5.92 Å². The van der Waals surface area contributed by atoms with Gasteiger partial charge in [0.2, 0.25) is 0 Å². The number of aromatic nitrogens is 3. The summed E-state index contributed by atoms with van der Waals surface area (Å²) in [6.07, 6.45) is 8.83.